The van der Waals surface area contributed by atoms with E-state index in [1.54, 1.807) is 31.2 Å². The summed E-state index contributed by atoms with van der Waals surface area (Å²) in [6.07, 6.45) is 0. The number of nitrogens with two attached hydrogens (primary N) is 1. The molecule has 2 aromatic rings. The molecule has 0 spiro atoms. The van der Waals surface area contributed by atoms with E-state index in [1.165, 1.54) is 0 Å². The first kappa shape index (κ1) is 10.2. The number of benzene rings is 1. The summed E-state index contributed by atoms with van der Waals surface area (Å²) in [6, 6.07) is 6.69. The van der Waals surface area contributed by atoms with Crippen LogP contribution in [0.25, 0.3) is 0 Å². The van der Waals surface area contributed by atoms with Crippen molar-refractivity contribution in [2.24, 2.45) is 0 Å². The molecule has 82 valence electrons. The minimum atomic E-state index is -0.337. The van der Waals surface area contributed by atoms with E-state index >= 15 is 0 Å². The standard InChI is InChI=1S/C10H10N4O2/c1-6-12-10(16-14-6)13-9(15)7-3-2-4-8(11)5-7/h2-5H,11H2,1H3,(H,12,13,14,15). The maximum Gasteiger partial charge on any atom is 0.328 e. The smallest absolute Gasteiger partial charge is 0.328 e. The lowest BCUT2D eigenvalue weighted by molar-refractivity contribution is 0.102. The van der Waals surface area contributed by atoms with Crippen molar-refractivity contribution in [1.29, 1.82) is 0 Å². The Balaban J connectivity index is 2.14. The second-order valence-corrected chi connectivity index (χ2v) is 3.23. The molecule has 1 aromatic heterocycles. The Hall–Kier alpha value is -2.37. The molecule has 1 heterocycles. The SMILES string of the molecule is Cc1noc(NC(=O)c2cccc(N)c2)n1. The van der Waals surface area contributed by atoms with Crippen LogP contribution in [0.3, 0.4) is 0 Å². The number of amides is 1. The van der Waals surface area contributed by atoms with Crippen LogP contribution in [-0.2, 0) is 0 Å². The molecule has 0 unspecified atom stereocenters. The predicted octanol–water partition coefficient (Wildman–Crippen LogP) is 1.21. The molecule has 0 fully saturated rings. The summed E-state index contributed by atoms with van der Waals surface area (Å²) in [5.41, 5.74) is 6.53. The minimum Gasteiger partial charge on any atom is -0.399 e. The van der Waals surface area contributed by atoms with E-state index in [1.807, 2.05) is 0 Å². The third-order valence-electron chi connectivity index (χ3n) is 1.90. The fourth-order valence-corrected chi connectivity index (χ4v) is 1.20. The van der Waals surface area contributed by atoms with Gasteiger partial charge in [0.05, 0.1) is 0 Å². The van der Waals surface area contributed by atoms with Crippen LogP contribution in [-0.4, -0.2) is 16.0 Å². The molecule has 0 aliphatic heterocycles. The Morgan fingerprint density at radius 2 is 2.31 bits per heavy atom. The van der Waals surface area contributed by atoms with Gasteiger partial charge in [-0.3, -0.25) is 10.1 Å². The van der Waals surface area contributed by atoms with Crippen molar-refractivity contribution in [1.82, 2.24) is 10.1 Å². The first-order chi connectivity index (χ1) is 7.65. The van der Waals surface area contributed by atoms with Gasteiger partial charge >= 0.3 is 6.01 Å². The molecule has 0 atom stereocenters. The summed E-state index contributed by atoms with van der Waals surface area (Å²) >= 11 is 0. The molecule has 0 saturated heterocycles. The van der Waals surface area contributed by atoms with E-state index in [2.05, 4.69) is 15.5 Å². The Labute approximate surface area is 91.5 Å². The molecule has 0 saturated carbocycles. The van der Waals surface area contributed by atoms with E-state index in [4.69, 9.17) is 10.3 Å². The average molecular weight is 218 g/mol. The van der Waals surface area contributed by atoms with E-state index in [0.29, 0.717) is 17.1 Å². The van der Waals surface area contributed by atoms with Gasteiger partial charge < -0.3 is 10.3 Å². The van der Waals surface area contributed by atoms with Gasteiger partial charge in [-0.25, -0.2) is 0 Å². The van der Waals surface area contributed by atoms with Crippen LogP contribution in [0.1, 0.15) is 16.2 Å². The number of carbonyl (C=O) groups is 1. The Kier molecular flexibility index (Phi) is 2.55. The van der Waals surface area contributed by atoms with Crippen LogP contribution in [0, 0.1) is 6.92 Å². The van der Waals surface area contributed by atoms with Gasteiger partial charge in [0, 0.05) is 11.3 Å². The average Bonchev–Trinajstić information content (AvgIpc) is 2.64. The lowest BCUT2D eigenvalue weighted by atomic mass is 10.2. The monoisotopic (exact) mass is 218 g/mol. The van der Waals surface area contributed by atoms with Crippen LogP contribution in [0.4, 0.5) is 11.7 Å². The minimum absolute atomic E-state index is 0.0740. The van der Waals surface area contributed by atoms with Gasteiger partial charge in [-0.15, -0.1) is 0 Å². The zero-order valence-electron chi connectivity index (χ0n) is 8.60. The highest BCUT2D eigenvalue weighted by molar-refractivity contribution is 6.03. The molecule has 1 amide bonds. The Bertz CT molecular complexity index is 521. The topological polar surface area (TPSA) is 94.0 Å². The molecule has 0 aliphatic rings. The van der Waals surface area contributed by atoms with E-state index < -0.39 is 0 Å². The number of rotatable bonds is 2. The second-order valence-electron chi connectivity index (χ2n) is 3.23. The van der Waals surface area contributed by atoms with E-state index in [0.717, 1.165) is 0 Å². The number of anilines is 2. The normalized spacial score (nSPS) is 10.1. The molecule has 3 N–H and O–H groups in total. The fraction of sp³-hybridized carbons (Fsp3) is 0.100. The molecule has 0 bridgehead atoms. The Morgan fingerprint density at radius 3 is 2.94 bits per heavy atom. The number of nitrogens with zero attached hydrogens (tertiary/aromatic N) is 2. The van der Waals surface area contributed by atoms with Gasteiger partial charge in [-0.1, -0.05) is 11.2 Å². The van der Waals surface area contributed by atoms with Crippen molar-refractivity contribution in [2.75, 3.05) is 11.1 Å². The zero-order chi connectivity index (χ0) is 11.5. The lowest BCUT2D eigenvalue weighted by Gasteiger charge is -2.00. The van der Waals surface area contributed by atoms with Crippen LogP contribution in [0.5, 0.6) is 0 Å². The lowest BCUT2D eigenvalue weighted by Crippen LogP contribution is -2.12. The van der Waals surface area contributed by atoms with Crippen molar-refractivity contribution in [3.05, 3.63) is 35.7 Å². The van der Waals surface area contributed by atoms with Gasteiger partial charge in [0.1, 0.15) is 0 Å². The summed E-state index contributed by atoms with van der Waals surface area (Å²) in [6.45, 7) is 1.67. The summed E-state index contributed by atoms with van der Waals surface area (Å²) in [5.74, 6) is 0.124. The number of nitrogens with one attached hydrogen (secondary N) is 1. The van der Waals surface area contributed by atoms with Crippen molar-refractivity contribution in [3.8, 4) is 0 Å². The maximum absolute atomic E-state index is 11.7. The number of nitrogen functional groups attached to an aromatic ring is 1. The number of carbonyl (C=O) groups excluding carboxylic acids is 1. The number of aryl methyl sites for hydroxylation is 1. The highest BCUT2D eigenvalue weighted by atomic mass is 16.5. The van der Waals surface area contributed by atoms with Gasteiger partial charge in [0.25, 0.3) is 5.91 Å². The van der Waals surface area contributed by atoms with Crippen LogP contribution in [0.15, 0.2) is 28.8 Å². The maximum atomic E-state index is 11.7. The fourth-order valence-electron chi connectivity index (χ4n) is 1.20. The van der Waals surface area contributed by atoms with Gasteiger partial charge in [-0.05, 0) is 25.1 Å². The van der Waals surface area contributed by atoms with E-state index in [-0.39, 0.29) is 11.9 Å². The summed E-state index contributed by atoms with van der Waals surface area (Å²) in [4.78, 5) is 15.5. The largest absolute Gasteiger partial charge is 0.399 e. The highest BCUT2D eigenvalue weighted by Gasteiger charge is 2.10. The molecular formula is C10H10N4O2. The summed E-state index contributed by atoms with van der Waals surface area (Å²) < 4.78 is 4.76. The second kappa shape index (κ2) is 4.01. The Morgan fingerprint density at radius 1 is 1.50 bits per heavy atom. The van der Waals surface area contributed by atoms with Crippen molar-refractivity contribution < 1.29 is 9.32 Å². The number of hydrogen-bond donors (Lipinski definition) is 2. The molecule has 6 nitrogen and oxygen atoms in total. The molecule has 6 heteroatoms. The van der Waals surface area contributed by atoms with Gasteiger partial charge in [0.2, 0.25) is 0 Å². The van der Waals surface area contributed by atoms with Crippen molar-refractivity contribution in [3.63, 3.8) is 0 Å². The highest BCUT2D eigenvalue weighted by Crippen LogP contribution is 2.09. The van der Waals surface area contributed by atoms with Crippen molar-refractivity contribution in [2.45, 2.75) is 6.92 Å². The molecule has 0 radical (unpaired) electrons. The first-order valence-electron chi connectivity index (χ1n) is 4.62. The molecule has 0 aliphatic carbocycles. The molecule has 2 rings (SSSR count). The van der Waals surface area contributed by atoms with Gasteiger partial charge in [-0.2, -0.15) is 4.98 Å². The van der Waals surface area contributed by atoms with Gasteiger partial charge in [0.15, 0.2) is 5.82 Å². The number of hydrogen-bond acceptors (Lipinski definition) is 5. The van der Waals surface area contributed by atoms with Crippen molar-refractivity contribution >= 4 is 17.6 Å². The first-order valence-corrected chi connectivity index (χ1v) is 4.62. The quantitative estimate of drug-likeness (QED) is 0.739. The zero-order valence-corrected chi connectivity index (χ0v) is 8.60. The van der Waals surface area contributed by atoms with Crippen LogP contribution in [0.2, 0.25) is 0 Å². The van der Waals surface area contributed by atoms with E-state index in [9.17, 15) is 4.79 Å². The summed E-state index contributed by atoms with van der Waals surface area (Å²) in [5, 5.41) is 6.03. The predicted molar refractivity (Wildman–Crippen MR) is 57.8 cm³/mol. The molecule has 16 heavy (non-hydrogen) atoms. The number of aromatic nitrogens is 2. The van der Waals surface area contributed by atoms with Crippen LogP contribution < -0.4 is 11.1 Å². The summed E-state index contributed by atoms with van der Waals surface area (Å²) in [7, 11) is 0. The molecular weight excluding hydrogens is 208 g/mol. The third kappa shape index (κ3) is 2.17. The molecule has 1 aromatic carbocycles. The third-order valence-corrected chi connectivity index (χ3v) is 1.90. The van der Waals surface area contributed by atoms with Crippen LogP contribution >= 0.6 is 0 Å².